The molecule has 1 spiro atoms. The third-order valence-electron chi connectivity index (χ3n) is 5.40. The summed E-state index contributed by atoms with van der Waals surface area (Å²) in [6.07, 6.45) is 9.54. The van der Waals surface area contributed by atoms with Crippen LogP contribution >= 0.6 is 15.9 Å². The minimum Gasteiger partial charge on any atom is -0.371 e. The van der Waals surface area contributed by atoms with Gasteiger partial charge in [-0.15, -0.1) is 0 Å². The summed E-state index contributed by atoms with van der Waals surface area (Å²) in [5.74, 6) is 0. The average Bonchev–Trinajstić information content (AvgIpc) is 2.88. The molecular formula is C18H27BrN2. The van der Waals surface area contributed by atoms with Gasteiger partial charge < -0.3 is 10.6 Å². The van der Waals surface area contributed by atoms with Crippen LogP contribution in [0, 0.1) is 5.41 Å². The molecule has 0 bridgehead atoms. The number of rotatable bonds is 3. The lowest BCUT2D eigenvalue weighted by Gasteiger charge is -2.41. The van der Waals surface area contributed by atoms with Crippen molar-refractivity contribution in [2.24, 2.45) is 11.1 Å². The zero-order valence-corrected chi connectivity index (χ0v) is 14.7. The summed E-state index contributed by atoms with van der Waals surface area (Å²) in [7, 11) is 0. The molecule has 1 saturated carbocycles. The second kappa shape index (κ2) is 6.29. The highest BCUT2D eigenvalue weighted by Gasteiger charge is 2.37. The molecule has 1 saturated heterocycles. The second-order valence-electron chi connectivity index (χ2n) is 7.16. The van der Waals surface area contributed by atoms with Gasteiger partial charge in [0, 0.05) is 23.6 Å². The van der Waals surface area contributed by atoms with Crippen molar-refractivity contribution in [2.45, 2.75) is 57.9 Å². The molecule has 1 aromatic rings. The predicted molar refractivity (Wildman–Crippen MR) is 93.8 cm³/mol. The van der Waals surface area contributed by atoms with Crippen LogP contribution in [0.1, 0.15) is 51.0 Å². The molecule has 2 nitrogen and oxygen atoms in total. The van der Waals surface area contributed by atoms with E-state index in [0.717, 1.165) is 6.42 Å². The Hall–Kier alpha value is -0.540. The maximum absolute atomic E-state index is 5.90. The Morgan fingerprint density at radius 1 is 1.19 bits per heavy atom. The summed E-state index contributed by atoms with van der Waals surface area (Å²) in [5.41, 5.74) is 9.27. The number of piperidine rings is 1. The van der Waals surface area contributed by atoms with E-state index in [1.54, 1.807) is 0 Å². The maximum Gasteiger partial charge on any atom is 0.0510 e. The lowest BCUT2D eigenvalue weighted by atomic mass is 9.77. The van der Waals surface area contributed by atoms with Gasteiger partial charge in [-0.1, -0.05) is 18.9 Å². The van der Waals surface area contributed by atoms with Crippen molar-refractivity contribution >= 4 is 21.6 Å². The van der Waals surface area contributed by atoms with Crippen molar-refractivity contribution in [3.63, 3.8) is 0 Å². The minimum atomic E-state index is 0.222. The topological polar surface area (TPSA) is 29.3 Å². The van der Waals surface area contributed by atoms with Gasteiger partial charge in [-0.05, 0) is 78.1 Å². The quantitative estimate of drug-likeness (QED) is 0.869. The zero-order chi connectivity index (χ0) is 14.9. The van der Waals surface area contributed by atoms with Crippen molar-refractivity contribution in [2.75, 3.05) is 18.0 Å². The van der Waals surface area contributed by atoms with Crippen LogP contribution in [0.5, 0.6) is 0 Å². The lowest BCUT2D eigenvalue weighted by molar-refractivity contribution is 0.226. The van der Waals surface area contributed by atoms with E-state index in [2.05, 4.69) is 46.0 Å². The Bertz CT molecular complexity index is 482. The third-order valence-corrected chi connectivity index (χ3v) is 6.03. The Morgan fingerprint density at radius 2 is 1.86 bits per heavy atom. The monoisotopic (exact) mass is 350 g/mol. The van der Waals surface area contributed by atoms with Crippen LogP contribution in [-0.4, -0.2) is 19.1 Å². The molecule has 1 aliphatic heterocycles. The highest BCUT2D eigenvalue weighted by molar-refractivity contribution is 9.10. The molecule has 0 amide bonds. The van der Waals surface area contributed by atoms with Crippen molar-refractivity contribution in [3.05, 3.63) is 28.2 Å². The molecule has 21 heavy (non-hydrogen) atoms. The van der Waals surface area contributed by atoms with Crippen LogP contribution in [0.15, 0.2) is 22.7 Å². The number of anilines is 1. The van der Waals surface area contributed by atoms with Crippen LogP contribution in [0.25, 0.3) is 0 Å². The van der Waals surface area contributed by atoms with Crippen LogP contribution in [0.3, 0.4) is 0 Å². The Kier molecular flexibility index (Phi) is 4.60. The molecular weight excluding hydrogens is 324 g/mol. The van der Waals surface area contributed by atoms with E-state index in [4.69, 9.17) is 5.73 Å². The van der Waals surface area contributed by atoms with Crippen molar-refractivity contribution in [1.82, 2.24) is 0 Å². The zero-order valence-electron chi connectivity index (χ0n) is 13.1. The van der Waals surface area contributed by atoms with Gasteiger partial charge in [0.15, 0.2) is 0 Å². The highest BCUT2D eigenvalue weighted by atomic mass is 79.9. The Morgan fingerprint density at radius 3 is 2.43 bits per heavy atom. The normalized spacial score (nSPS) is 22.7. The molecule has 0 aromatic heterocycles. The molecule has 1 heterocycles. The molecule has 2 fully saturated rings. The van der Waals surface area contributed by atoms with E-state index in [1.165, 1.54) is 67.3 Å². The van der Waals surface area contributed by atoms with Gasteiger partial charge in [-0.3, -0.25) is 0 Å². The van der Waals surface area contributed by atoms with Gasteiger partial charge in [0.1, 0.15) is 0 Å². The largest absolute Gasteiger partial charge is 0.371 e. The number of nitrogens with zero attached hydrogens (tertiary/aromatic N) is 1. The Labute approximate surface area is 137 Å². The summed E-state index contributed by atoms with van der Waals surface area (Å²) in [5, 5.41) is 0. The highest BCUT2D eigenvalue weighted by Crippen LogP contribution is 2.47. The van der Waals surface area contributed by atoms with E-state index < -0.39 is 0 Å². The van der Waals surface area contributed by atoms with Gasteiger partial charge >= 0.3 is 0 Å². The first-order valence-corrected chi connectivity index (χ1v) is 9.16. The first-order chi connectivity index (χ1) is 10.1. The van der Waals surface area contributed by atoms with Gasteiger partial charge in [-0.2, -0.15) is 0 Å². The molecule has 1 unspecified atom stereocenters. The maximum atomic E-state index is 5.90. The van der Waals surface area contributed by atoms with Gasteiger partial charge in [0.05, 0.1) is 5.69 Å². The summed E-state index contributed by atoms with van der Waals surface area (Å²) < 4.78 is 1.23. The molecule has 2 aliphatic rings. The van der Waals surface area contributed by atoms with Crippen molar-refractivity contribution in [3.8, 4) is 0 Å². The van der Waals surface area contributed by atoms with Gasteiger partial charge in [0.25, 0.3) is 0 Å². The van der Waals surface area contributed by atoms with Crippen LogP contribution in [0.4, 0.5) is 5.69 Å². The molecule has 1 aliphatic carbocycles. The van der Waals surface area contributed by atoms with Crippen LogP contribution < -0.4 is 10.6 Å². The fraction of sp³-hybridized carbons (Fsp3) is 0.667. The molecule has 1 atom stereocenters. The standard InChI is InChI=1S/C18H27BrN2/c1-14(20)12-15-4-5-17(16(19)13-15)21-10-8-18(9-11-21)6-2-3-7-18/h4-5,13-14H,2-3,6-12,20H2,1H3. The summed E-state index contributed by atoms with van der Waals surface area (Å²) >= 11 is 3.77. The van der Waals surface area contributed by atoms with Crippen LogP contribution in [-0.2, 0) is 6.42 Å². The van der Waals surface area contributed by atoms with E-state index >= 15 is 0 Å². The van der Waals surface area contributed by atoms with Crippen molar-refractivity contribution < 1.29 is 0 Å². The number of nitrogens with two attached hydrogens (primary N) is 1. The van der Waals surface area contributed by atoms with Crippen LogP contribution in [0.2, 0.25) is 0 Å². The smallest absolute Gasteiger partial charge is 0.0510 e. The summed E-state index contributed by atoms with van der Waals surface area (Å²) in [6.45, 7) is 4.49. The van der Waals surface area contributed by atoms with Crippen molar-refractivity contribution in [1.29, 1.82) is 0 Å². The Balaban J connectivity index is 1.67. The van der Waals surface area contributed by atoms with E-state index in [-0.39, 0.29) is 6.04 Å². The van der Waals surface area contributed by atoms with E-state index in [9.17, 15) is 0 Å². The average molecular weight is 351 g/mol. The number of halogens is 1. The molecule has 116 valence electrons. The predicted octanol–water partition coefficient (Wildman–Crippen LogP) is 4.50. The fourth-order valence-corrected chi connectivity index (χ4v) is 4.83. The second-order valence-corrected chi connectivity index (χ2v) is 8.02. The van der Waals surface area contributed by atoms with E-state index in [1.807, 2.05) is 0 Å². The van der Waals surface area contributed by atoms with E-state index in [0.29, 0.717) is 5.41 Å². The number of hydrogen-bond donors (Lipinski definition) is 1. The van der Waals surface area contributed by atoms with Gasteiger partial charge in [-0.25, -0.2) is 0 Å². The minimum absolute atomic E-state index is 0.222. The third kappa shape index (κ3) is 3.45. The molecule has 0 radical (unpaired) electrons. The molecule has 3 rings (SSSR count). The first kappa shape index (κ1) is 15.4. The summed E-state index contributed by atoms with van der Waals surface area (Å²) in [4.78, 5) is 2.56. The first-order valence-electron chi connectivity index (χ1n) is 8.37. The number of hydrogen-bond acceptors (Lipinski definition) is 2. The SMILES string of the molecule is CC(N)Cc1ccc(N2CCC3(CCCC3)CC2)c(Br)c1. The molecule has 3 heteroatoms. The molecule has 2 N–H and O–H groups in total. The fourth-order valence-electron chi connectivity index (χ4n) is 4.15. The molecule has 1 aromatic carbocycles. The lowest BCUT2D eigenvalue weighted by Crippen LogP contribution is -2.39. The number of benzene rings is 1. The summed E-state index contributed by atoms with van der Waals surface area (Å²) in [6, 6.07) is 6.98. The van der Waals surface area contributed by atoms with Gasteiger partial charge in [0.2, 0.25) is 0 Å².